The van der Waals surface area contributed by atoms with Crippen LogP contribution in [0.15, 0.2) is 46.2 Å². The molecule has 19 heavy (non-hydrogen) atoms. The van der Waals surface area contributed by atoms with E-state index < -0.39 is 10.9 Å². The molecule has 3 rings (SSSR count). The van der Waals surface area contributed by atoms with Crippen molar-refractivity contribution in [1.29, 1.82) is 0 Å². The standard InChI is InChI=1S/C14H11N3O2/c1-15-11-12(14(19)13(11)18)17-10-4-2-3-8-7-16-6-5-9(8)10/h2-7,15,17H,1H3. The van der Waals surface area contributed by atoms with Gasteiger partial charge in [0.25, 0.3) is 10.9 Å². The van der Waals surface area contributed by atoms with Gasteiger partial charge in [-0.2, -0.15) is 0 Å². The van der Waals surface area contributed by atoms with Crippen molar-refractivity contribution in [2.24, 2.45) is 0 Å². The molecular formula is C14H11N3O2. The highest BCUT2D eigenvalue weighted by Gasteiger charge is 2.20. The smallest absolute Gasteiger partial charge is 0.253 e. The Kier molecular flexibility index (Phi) is 2.52. The van der Waals surface area contributed by atoms with Crippen LogP contribution in [0.1, 0.15) is 0 Å². The van der Waals surface area contributed by atoms with E-state index in [1.807, 2.05) is 24.3 Å². The second kappa shape index (κ2) is 4.20. The van der Waals surface area contributed by atoms with E-state index >= 15 is 0 Å². The van der Waals surface area contributed by atoms with Crippen molar-refractivity contribution in [2.45, 2.75) is 0 Å². The lowest BCUT2D eigenvalue weighted by Crippen LogP contribution is -2.35. The van der Waals surface area contributed by atoms with Crippen LogP contribution >= 0.6 is 0 Å². The zero-order valence-corrected chi connectivity index (χ0v) is 10.2. The average Bonchev–Trinajstić information content (AvgIpc) is 2.46. The van der Waals surface area contributed by atoms with Crippen molar-refractivity contribution in [3.8, 4) is 0 Å². The molecule has 2 N–H and O–H groups in total. The fourth-order valence-corrected chi connectivity index (χ4v) is 2.12. The Bertz CT molecular complexity index is 827. The van der Waals surface area contributed by atoms with Crippen LogP contribution in [0.3, 0.4) is 0 Å². The summed E-state index contributed by atoms with van der Waals surface area (Å²) in [6, 6.07) is 7.53. The number of aromatic nitrogens is 1. The third-order valence-electron chi connectivity index (χ3n) is 3.10. The summed E-state index contributed by atoms with van der Waals surface area (Å²) >= 11 is 0. The highest BCUT2D eigenvalue weighted by molar-refractivity contribution is 5.96. The van der Waals surface area contributed by atoms with Crippen molar-refractivity contribution in [3.05, 3.63) is 57.1 Å². The third-order valence-corrected chi connectivity index (χ3v) is 3.10. The van der Waals surface area contributed by atoms with E-state index in [-0.39, 0.29) is 0 Å². The number of nitrogens with zero attached hydrogens (tertiary/aromatic N) is 1. The topological polar surface area (TPSA) is 71.1 Å². The van der Waals surface area contributed by atoms with Gasteiger partial charge in [0.1, 0.15) is 11.4 Å². The number of rotatable bonds is 3. The van der Waals surface area contributed by atoms with E-state index in [0.717, 1.165) is 16.5 Å². The molecule has 0 fully saturated rings. The number of benzene rings is 1. The Morgan fingerprint density at radius 3 is 2.63 bits per heavy atom. The van der Waals surface area contributed by atoms with Gasteiger partial charge in [0.2, 0.25) is 0 Å². The molecule has 0 atom stereocenters. The monoisotopic (exact) mass is 253 g/mol. The Hall–Kier alpha value is -2.69. The highest BCUT2D eigenvalue weighted by Crippen LogP contribution is 2.27. The SMILES string of the molecule is CNc1c(Nc2cccc3cnccc23)c(=O)c1=O. The Morgan fingerprint density at radius 1 is 1.05 bits per heavy atom. The van der Waals surface area contributed by atoms with Crippen molar-refractivity contribution in [3.63, 3.8) is 0 Å². The Morgan fingerprint density at radius 2 is 1.84 bits per heavy atom. The van der Waals surface area contributed by atoms with Crippen molar-refractivity contribution < 1.29 is 0 Å². The molecule has 0 radical (unpaired) electrons. The molecule has 5 nitrogen and oxygen atoms in total. The summed E-state index contributed by atoms with van der Waals surface area (Å²) in [5.41, 5.74) is 0.457. The number of hydrogen-bond acceptors (Lipinski definition) is 5. The minimum Gasteiger partial charge on any atom is -0.383 e. The molecule has 1 aromatic heterocycles. The molecule has 0 saturated carbocycles. The van der Waals surface area contributed by atoms with Gasteiger partial charge in [-0.05, 0) is 12.1 Å². The third kappa shape index (κ3) is 1.67. The zero-order chi connectivity index (χ0) is 13.4. The van der Waals surface area contributed by atoms with Crippen molar-refractivity contribution in [2.75, 3.05) is 17.7 Å². The van der Waals surface area contributed by atoms with E-state index in [1.165, 1.54) is 0 Å². The second-order valence-electron chi connectivity index (χ2n) is 4.19. The first-order valence-corrected chi connectivity index (χ1v) is 5.83. The van der Waals surface area contributed by atoms with Crippen LogP contribution in [-0.2, 0) is 0 Å². The van der Waals surface area contributed by atoms with E-state index in [2.05, 4.69) is 15.6 Å². The number of pyridine rings is 1. The summed E-state index contributed by atoms with van der Waals surface area (Å²) in [5, 5.41) is 7.68. The molecule has 1 heterocycles. The first kappa shape index (κ1) is 11.4. The van der Waals surface area contributed by atoms with Crippen molar-refractivity contribution >= 4 is 27.8 Å². The van der Waals surface area contributed by atoms with Gasteiger partial charge in [-0.15, -0.1) is 0 Å². The summed E-state index contributed by atoms with van der Waals surface area (Å²) in [6.45, 7) is 0. The predicted octanol–water partition coefficient (Wildman–Crippen LogP) is 1.62. The number of fused-ring (bicyclic) bond motifs is 1. The summed E-state index contributed by atoms with van der Waals surface area (Å²) < 4.78 is 0. The molecule has 0 aliphatic carbocycles. The summed E-state index contributed by atoms with van der Waals surface area (Å²) in [6.07, 6.45) is 3.44. The molecule has 5 heteroatoms. The van der Waals surface area contributed by atoms with Gasteiger partial charge in [-0.1, -0.05) is 12.1 Å². The van der Waals surface area contributed by atoms with Crippen LogP contribution in [0.25, 0.3) is 10.8 Å². The van der Waals surface area contributed by atoms with E-state index in [4.69, 9.17) is 0 Å². The van der Waals surface area contributed by atoms with Gasteiger partial charge in [-0.3, -0.25) is 14.6 Å². The minimum atomic E-state index is -0.490. The number of anilines is 3. The molecule has 0 bridgehead atoms. The summed E-state index contributed by atoms with van der Waals surface area (Å²) in [4.78, 5) is 26.9. The minimum absolute atomic E-state index is 0.316. The van der Waals surface area contributed by atoms with Gasteiger partial charge in [0.05, 0.1) is 0 Å². The van der Waals surface area contributed by atoms with Gasteiger partial charge in [0.15, 0.2) is 0 Å². The number of hydrogen-bond donors (Lipinski definition) is 2. The largest absolute Gasteiger partial charge is 0.383 e. The molecule has 94 valence electrons. The normalized spacial score (nSPS) is 10.8. The Labute approximate surface area is 108 Å². The second-order valence-corrected chi connectivity index (χ2v) is 4.19. The summed E-state index contributed by atoms with van der Waals surface area (Å²) in [5.74, 6) is 0. The quantitative estimate of drug-likeness (QED) is 0.694. The predicted molar refractivity (Wildman–Crippen MR) is 75.9 cm³/mol. The van der Waals surface area contributed by atoms with Crippen molar-refractivity contribution in [1.82, 2.24) is 4.98 Å². The fourth-order valence-electron chi connectivity index (χ4n) is 2.12. The zero-order valence-electron chi connectivity index (χ0n) is 10.2. The highest BCUT2D eigenvalue weighted by atomic mass is 16.2. The molecule has 0 spiro atoms. The van der Waals surface area contributed by atoms with Crippen LogP contribution in [0.2, 0.25) is 0 Å². The molecule has 2 aromatic carbocycles. The average molecular weight is 253 g/mol. The summed E-state index contributed by atoms with van der Waals surface area (Å²) in [7, 11) is 1.62. The molecular weight excluding hydrogens is 242 g/mol. The molecule has 0 saturated heterocycles. The molecule has 0 aliphatic rings. The van der Waals surface area contributed by atoms with E-state index in [0.29, 0.717) is 11.4 Å². The maximum Gasteiger partial charge on any atom is 0.253 e. The van der Waals surface area contributed by atoms with Crippen LogP contribution in [0, 0.1) is 0 Å². The molecule has 3 aromatic rings. The maximum absolute atomic E-state index is 11.5. The first-order valence-electron chi connectivity index (χ1n) is 5.83. The van der Waals surface area contributed by atoms with Crippen LogP contribution in [0.5, 0.6) is 0 Å². The molecule has 0 unspecified atom stereocenters. The lowest BCUT2D eigenvalue weighted by Gasteiger charge is -2.14. The fraction of sp³-hybridized carbons (Fsp3) is 0.0714. The lowest BCUT2D eigenvalue weighted by molar-refractivity contribution is 1.34. The molecule has 0 amide bonds. The number of nitrogens with one attached hydrogen (secondary N) is 2. The van der Waals surface area contributed by atoms with Gasteiger partial charge < -0.3 is 10.6 Å². The maximum atomic E-state index is 11.5. The lowest BCUT2D eigenvalue weighted by atomic mass is 10.1. The van der Waals surface area contributed by atoms with Crippen LogP contribution < -0.4 is 21.5 Å². The Balaban J connectivity index is 2.09. The van der Waals surface area contributed by atoms with Crippen LogP contribution in [-0.4, -0.2) is 12.0 Å². The van der Waals surface area contributed by atoms with Gasteiger partial charge >= 0.3 is 0 Å². The van der Waals surface area contributed by atoms with Crippen LogP contribution in [0.4, 0.5) is 17.1 Å². The van der Waals surface area contributed by atoms with E-state index in [1.54, 1.807) is 19.4 Å². The first-order chi connectivity index (χ1) is 9.22. The van der Waals surface area contributed by atoms with Gasteiger partial charge in [0, 0.05) is 35.9 Å². The van der Waals surface area contributed by atoms with Gasteiger partial charge in [-0.25, -0.2) is 0 Å². The molecule has 0 aliphatic heterocycles. The van der Waals surface area contributed by atoms with E-state index in [9.17, 15) is 9.59 Å².